The Balaban J connectivity index is 2.01. The molecule has 1 N–H and O–H groups in total. The fourth-order valence-corrected chi connectivity index (χ4v) is 2.62. The van der Waals surface area contributed by atoms with Crippen LogP contribution >= 0.6 is 15.9 Å². The van der Waals surface area contributed by atoms with E-state index in [2.05, 4.69) is 35.1 Å². The SMILES string of the molecule is COCCOc1ccc(C(=O)Nc2cccc(OCC(C)C)c2)cc1Br. The van der Waals surface area contributed by atoms with Crippen LogP contribution in [0, 0.1) is 5.92 Å². The van der Waals surface area contributed by atoms with Gasteiger partial charge in [-0.3, -0.25) is 4.79 Å². The largest absolute Gasteiger partial charge is 0.493 e. The van der Waals surface area contributed by atoms with Crippen molar-refractivity contribution in [3.8, 4) is 11.5 Å². The van der Waals surface area contributed by atoms with Crippen LogP contribution in [0.1, 0.15) is 24.2 Å². The highest BCUT2D eigenvalue weighted by Crippen LogP contribution is 2.27. The van der Waals surface area contributed by atoms with Crippen LogP contribution in [0.5, 0.6) is 11.5 Å². The highest BCUT2D eigenvalue weighted by molar-refractivity contribution is 9.10. The fourth-order valence-electron chi connectivity index (χ4n) is 2.12. The molecule has 0 aromatic heterocycles. The monoisotopic (exact) mass is 421 g/mol. The lowest BCUT2D eigenvalue weighted by atomic mass is 10.2. The molecular weight excluding hydrogens is 398 g/mol. The first-order chi connectivity index (χ1) is 12.5. The van der Waals surface area contributed by atoms with Crippen LogP contribution in [0.4, 0.5) is 5.69 Å². The summed E-state index contributed by atoms with van der Waals surface area (Å²) < 4.78 is 16.9. The molecule has 0 atom stereocenters. The predicted octanol–water partition coefficient (Wildman–Crippen LogP) is 4.76. The van der Waals surface area contributed by atoms with Crippen LogP contribution in [0.2, 0.25) is 0 Å². The Kier molecular flexibility index (Phi) is 7.94. The maximum absolute atomic E-state index is 12.5. The van der Waals surface area contributed by atoms with Crippen LogP contribution in [-0.4, -0.2) is 32.8 Å². The normalized spacial score (nSPS) is 10.7. The quantitative estimate of drug-likeness (QED) is 0.592. The van der Waals surface area contributed by atoms with E-state index < -0.39 is 0 Å². The second kappa shape index (κ2) is 10.2. The Morgan fingerprint density at radius 2 is 1.92 bits per heavy atom. The Morgan fingerprint density at radius 1 is 1.12 bits per heavy atom. The molecule has 6 heteroatoms. The maximum atomic E-state index is 12.5. The molecule has 0 bridgehead atoms. The Labute approximate surface area is 162 Å². The number of benzene rings is 2. The molecule has 0 fully saturated rings. The van der Waals surface area contributed by atoms with Gasteiger partial charge < -0.3 is 19.5 Å². The minimum Gasteiger partial charge on any atom is -0.493 e. The molecule has 0 aliphatic heterocycles. The molecule has 0 aliphatic carbocycles. The van der Waals surface area contributed by atoms with Crippen LogP contribution in [0.15, 0.2) is 46.9 Å². The number of nitrogens with one attached hydrogen (secondary N) is 1. The first kappa shape index (κ1) is 20.3. The van der Waals surface area contributed by atoms with Crippen molar-refractivity contribution in [1.82, 2.24) is 0 Å². The van der Waals surface area contributed by atoms with E-state index in [-0.39, 0.29) is 5.91 Å². The summed E-state index contributed by atoms with van der Waals surface area (Å²) in [5.41, 5.74) is 1.22. The Hall–Kier alpha value is -2.05. The third kappa shape index (κ3) is 6.35. The van der Waals surface area contributed by atoms with Gasteiger partial charge in [0, 0.05) is 24.4 Å². The Bertz CT molecular complexity index is 734. The number of carbonyl (C=O) groups excluding carboxylic acids is 1. The van der Waals surface area contributed by atoms with E-state index in [1.54, 1.807) is 25.3 Å². The van der Waals surface area contributed by atoms with E-state index in [9.17, 15) is 4.79 Å². The molecule has 2 aromatic rings. The van der Waals surface area contributed by atoms with Crippen molar-refractivity contribution in [1.29, 1.82) is 0 Å². The van der Waals surface area contributed by atoms with Crippen molar-refractivity contribution in [2.45, 2.75) is 13.8 Å². The van der Waals surface area contributed by atoms with Crippen LogP contribution < -0.4 is 14.8 Å². The standard InChI is InChI=1S/C20H24BrNO4/c1-14(2)13-26-17-6-4-5-16(12-17)22-20(23)15-7-8-19(18(21)11-15)25-10-9-24-3/h4-8,11-12,14H,9-10,13H2,1-3H3,(H,22,23). The van der Waals surface area contributed by atoms with Gasteiger partial charge >= 0.3 is 0 Å². The topological polar surface area (TPSA) is 56.8 Å². The van der Waals surface area contributed by atoms with E-state index in [1.807, 2.05) is 24.3 Å². The molecule has 0 saturated heterocycles. The van der Waals surface area contributed by atoms with Gasteiger partial charge in [-0.25, -0.2) is 0 Å². The lowest BCUT2D eigenvalue weighted by Crippen LogP contribution is -2.12. The third-order valence-electron chi connectivity index (χ3n) is 3.41. The number of anilines is 1. The third-order valence-corrected chi connectivity index (χ3v) is 4.03. The number of halogens is 1. The zero-order valence-corrected chi connectivity index (χ0v) is 16.8. The van der Waals surface area contributed by atoms with Gasteiger partial charge in [0.1, 0.15) is 18.1 Å². The lowest BCUT2D eigenvalue weighted by Gasteiger charge is -2.12. The number of amides is 1. The molecule has 2 rings (SSSR count). The van der Waals surface area contributed by atoms with Gasteiger partial charge in [0.05, 0.1) is 17.7 Å². The first-order valence-corrected chi connectivity index (χ1v) is 9.24. The molecule has 0 spiro atoms. The summed E-state index contributed by atoms with van der Waals surface area (Å²) in [6, 6.07) is 12.6. The molecule has 1 amide bonds. The fraction of sp³-hybridized carbons (Fsp3) is 0.350. The van der Waals surface area contributed by atoms with Crippen LogP contribution in [-0.2, 0) is 4.74 Å². The first-order valence-electron chi connectivity index (χ1n) is 8.45. The number of hydrogen-bond donors (Lipinski definition) is 1. The molecule has 0 heterocycles. The van der Waals surface area contributed by atoms with E-state index in [0.29, 0.717) is 42.7 Å². The minimum absolute atomic E-state index is 0.199. The van der Waals surface area contributed by atoms with Crippen molar-refractivity contribution in [2.24, 2.45) is 5.92 Å². The lowest BCUT2D eigenvalue weighted by molar-refractivity contribution is 0.102. The molecule has 0 aliphatic rings. The average Bonchev–Trinajstić information content (AvgIpc) is 2.61. The summed E-state index contributed by atoms with van der Waals surface area (Å²) in [6.45, 7) is 5.76. The number of hydrogen-bond acceptors (Lipinski definition) is 4. The molecule has 26 heavy (non-hydrogen) atoms. The van der Waals surface area contributed by atoms with E-state index in [4.69, 9.17) is 14.2 Å². The van der Waals surface area contributed by atoms with Crippen molar-refractivity contribution < 1.29 is 19.0 Å². The Morgan fingerprint density at radius 3 is 2.62 bits per heavy atom. The predicted molar refractivity (Wildman–Crippen MR) is 106 cm³/mol. The second-order valence-corrected chi connectivity index (χ2v) is 7.03. The van der Waals surface area contributed by atoms with Crippen molar-refractivity contribution in [2.75, 3.05) is 32.2 Å². The smallest absolute Gasteiger partial charge is 0.255 e. The average molecular weight is 422 g/mol. The summed E-state index contributed by atoms with van der Waals surface area (Å²) >= 11 is 3.43. The summed E-state index contributed by atoms with van der Waals surface area (Å²) in [7, 11) is 1.62. The van der Waals surface area contributed by atoms with Crippen molar-refractivity contribution in [3.63, 3.8) is 0 Å². The maximum Gasteiger partial charge on any atom is 0.255 e. The second-order valence-electron chi connectivity index (χ2n) is 6.17. The van der Waals surface area contributed by atoms with Gasteiger partial charge in [-0.1, -0.05) is 19.9 Å². The molecule has 140 valence electrons. The molecule has 0 saturated carbocycles. The van der Waals surface area contributed by atoms with Gasteiger partial charge in [0.25, 0.3) is 5.91 Å². The van der Waals surface area contributed by atoms with Gasteiger partial charge in [0.2, 0.25) is 0 Å². The highest BCUT2D eigenvalue weighted by Gasteiger charge is 2.10. The van der Waals surface area contributed by atoms with Gasteiger partial charge in [-0.15, -0.1) is 0 Å². The van der Waals surface area contributed by atoms with E-state index in [0.717, 1.165) is 10.2 Å². The molecule has 2 aromatic carbocycles. The molecule has 5 nitrogen and oxygen atoms in total. The van der Waals surface area contributed by atoms with E-state index in [1.165, 1.54) is 0 Å². The van der Waals surface area contributed by atoms with Gasteiger partial charge in [-0.2, -0.15) is 0 Å². The van der Waals surface area contributed by atoms with Crippen molar-refractivity contribution in [3.05, 3.63) is 52.5 Å². The number of rotatable bonds is 9. The van der Waals surface area contributed by atoms with Gasteiger partial charge in [0.15, 0.2) is 0 Å². The highest BCUT2D eigenvalue weighted by atomic mass is 79.9. The van der Waals surface area contributed by atoms with Gasteiger partial charge in [-0.05, 0) is 52.2 Å². The van der Waals surface area contributed by atoms with E-state index >= 15 is 0 Å². The summed E-state index contributed by atoms with van der Waals surface area (Å²) in [5, 5.41) is 2.88. The van der Waals surface area contributed by atoms with Crippen LogP contribution in [0.25, 0.3) is 0 Å². The number of carbonyl (C=O) groups is 1. The molecule has 0 unspecified atom stereocenters. The number of ether oxygens (including phenoxy) is 3. The summed E-state index contributed by atoms with van der Waals surface area (Å²) in [6.07, 6.45) is 0. The zero-order chi connectivity index (χ0) is 18.9. The minimum atomic E-state index is -0.199. The zero-order valence-electron chi connectivity index (χ0n) is 15.3. The summed E-state index contributed by atoms with van der Waals surface area (Å²) in [4.78, 5) is 12.5. The molecular formula is C20H24BrNO4. The molecule has 0 radical (unpaired) electrons. The summed E-state index contributed by atoms with van der Waals surface area (Å²) in [5.74, 6) is 1.65. The van der Waals surface area contributed by atoms with Crippen molar-refractivity contribution >= 4 is 27.5 Å². The van der Waals surface area contributed by atoms with Crippen LogP contribution in [0.3, 0.4) is 0 Å². The number of methoxy groups -OCH3 is 1.